The van der Waals surface area contributed by atoms with Crippen LogP contribution in [0.25, 0.3) is 0 Å². The van der Waals surface area contributed by atoms with Gasteiger partial charge in [0.15, 0.2) is 105 Å². The molecule has 0 amide bonds. The predicted octanol–water partition coefficient (Wildman–Crippen LogP) is 16.9. The quantitative estimate of drug-likeness (QED) is 0.0220. The van der Waals surface area contributed by atoms with Crippen molar-refractivity contribution in [2.24, 2.45) is 0 Å². The fourth-order valence-corrected chi connectivity index (χ4v) is 15.3. The van der Waals surface area contributed by atoms with Gasteiger partial charge in [-0.2, -0.15) is 0 Å². The average Bonchev–Trinajstić information content (AvgIpc) is 0.748. The van der Waals surface area contributed by atoms with E-state index in [2.05, 4.69) is 41.5 Å². The van der Waals surface area contributed by atoms with Crippen LogP contribution in [0, 0.1) is 175 Å². The van der Waals surface area contributed by atoms with E-state index in [0.29, 0.717) is 23.0 Å². The number of pyridine rings is 2. The zero-order valence-electron chi connectivity index (χ0n) is 76.2. The van der Waals surface area contributed by atoms with Crippen molar-refractivity contribution in [3.63, 3.8) is 0 Å². The van der Waals surface area contributed by atoms with Crippen LogP contribution in [0.3, 0.4) is 0 Å². The molecule has 758 valence electrons. The number of carboxylic acid groups (broad SMARTS) is 4. The molecule has 0 unspecified atom stereocenters. The van der Waals surface area contributed by atoms with Gasteiger partial charge in [-0.05, 0) is 127 Å². The summed E-state index contributed by atoms with van der Waals surface area (Å²) in [5, 5.41) is 45.2. The second kappa shape index (κ2) is 51.3. The fraction of sp³-hybridized carbons (Fsp3) is 0.340. The van der Waals surface area contributed by atoms with Gasteiger partial charge in [0.25, 0.3) is 0 Å². The minimum absolute atomic E-state index is 0. The minimum atomic E-state index is -6.05. The summed E-state index contributed by atoms with van der Waals surface area (Å²) < 4.78 is 451. The first-order valence-electron chi connectivity index (χ1n) is 42.1. The van der Waals surface area contributed by atoms with E-state index in [1.807, 2.05) is 79.7 Å². The Balaban J connectivity index is 0.000000388. The van der Waals surface area contributed by atoms with Gasteiger partial charge in [0.2, 0.25) is 0 Å². The number of unbranched alkanes of at least 4 members (excludes halogenated alkanes) is 3. The van der Waals surface area contributed by atoms with Crippen LogP contribution < -0.4 is 62.2 Å². The maximum atomic E-state index is 15.4. The van der Waals surface area contributed by atoms with Crippen molar-refractivity contribution in [2.75, 3.05) is 26.4 Å². The molecule has 46 heteroatoms. The molecule has 12 nitrogen and oxygen atoms in total. The van der Waals surface area contributed by atoms with Crippen molar-refractivity contribution >= 4 is 69.2 Å². The van der Waals surface area contributed by atoms with E-state index in [1.165, 1.54) is 62.5 Å². The third-order valence-corrected chi connectivity index (χ3v) is 22.3. The first-order chi connectivity index (χ1) is 64.3. The molecule has 10 aromatic rings. The number of nitrogens with zero attached hydrogens (tertiary/aromatic N) is 2. The van der Waals surface area contributed by atoms with Crippen molar-refractivity contribution in [3.05, 3.63) is 303 Å². The zero-order valence-corrected chi connectivity index (χ0v) is 80.2. The molecule has 0 aliphatic carbocycles. The maximum Gasteiger partial charge on any atom is 2.00 e. The average molecular weight is 2190 g/mol. The van der Waals surface area contributed by atoms with Gasteiger partial charge in [-0.1, -0.05) is 147 Å². The van der Waals surface area contributed by atoms with Crippen LogP contribution in [0.4, 0.5) is 132 Å². The number of halogens is 30. The fourth-order valence-electron chi connectivity index (χ4n) is 15.3. The molecule has 0 radical (unpaired) electrons. The van der Waals surface area contributed by atoms with E-state index in [0.717, 1.165) is 48.7 Å². The summed E-state index contributed by atoms with van der Waals surface area (Å²) in [5.74, 6) is -99.4. The van der Waals surface area contributed by atoms with Gasteiger partial charge >= 0.3 is 54.7 Å². The summed E-state index contributed by atoms with van der Waals surface area (Å²) in [7, 11) is 0. The molecule has 0 bridgehead atoms. The van der Waals surface area contributed by atoms with Crippen LogP contribution >= 0.6 is 0 Å². The number of hydrogen-bond acceptors (Lipinski definition) is 10. The summed E-state index contributed by atoms with van der Waals surface area (Å²) in [6.07, 6.45) is -1.57. The number of benzene rings is 8. The molecular weight excluding hydrogens is 2100 g/mol. The maximum absolute atomic E-state index is 15.4. The van der Waals surface area contributed by atoms with Gasteiger partial charge in [0, 0.05) is 72.9 Å². The standard InChI is InChI=1S/2C24H5BF15NO2.2C16H24O2.C6H14.2C4H8O.2Mo/c2*26-9-6(10(27)16(33)21(38)15(9)32)25(41-3-1-5(2-4-41)24(42)43,7-11(28)17(34)22(39)18(35)12(7)29)8-13(30)19(36)23(40)20(37)14(8)31;2*1-9(2)12-7-13(10(3)4)15(16(17)18)14(8-12)11(5)6;1-3-5-6-4-2;2*1-2-4-5-3-1;;/h2*1-4H,(H,42,43);2*7-11H,1-6H3,(H,17,18);3-6H2,1-2H3;2*1-4H2;;/q;;;;;;;2*+2/p-4. The number of rotatable bonds is 21. The van der Waals surface area contributed by atoms with E-state index in [9.17, 15) is 119 Å². The Morgan fingerprint density at radius 2 is 0.414 bits per heavy atom. The Hall–Kier alpha value is -10.7. The number of carbonyl (C=O) groups is 4. The number of carboxylic acids is 4. The van der Waals surface area contributed by atoms with Crippen LogP contribution in [0.1, 0.15) is 259 Å². The molecule has 2 aliphatic rings. The second-order valence-electron chi connectivity index (χ2n) is 33.2. The van der Waals surface area contributed by atoms with Crippen molar-refractivity contribution in [2.45, 2.75) is 184 Å². The zero-order chi connectivity index (χ0) is 105. The minimum Gasteiger partial charge on any atom is -0.545 e. The monoisotopic (exact) mass is 2190 g/mol. The molecule has 2 aromatic heterocycles. The molecule has 2 saturated heterocycles. The largest absolute Gasteiger partial charge is 2.00 e. The Morgan fingerprint density at radius 1 is 0.264 bits per heavy atom. The van der Waals surface area contributed by atoms with Crippen molar-refractivity contribution in [1.29, 1.82) is 0 Å². The molecule has 12 rings (SSSR count). The van der Waals surface area contributed by atoms with Crippen LogP contribution in [0.15, 0.2) is 73.3 Å². The number of aromatic carboxylic acids is 4. The van der Waals surface area contributed by atoms with Gasteiger partial charge in [-0.15, -0.1) is 0 Å². The Kier molecular flexibility index (Phi) is 44.5. The van der Waals surface area contributed by atoms with Gasteiger partial charge < -0.3 is 58.0 Å². The van der Waals surface area contributed by atoms with Crippen LogP contribution in [0.2, 0.25) is 0 Å². The van der Waals surface area contributed by atoms with E-state index >= 15 is 52.7 Å². The number of carbonyl (C=O) groups excluding carboxylic acids is 4. The van der Waals surface area contributed by atoms with E-state index < -0.39 is 264 Å². The predicted molar refractivity (Wildman–Crippen MR) is 435 cm³/mol. The molecule has 4 heterocycles. The third-order valence-electron chi connectivity index (χ3n) is 22.3. The summed E-state index contributed by atoms with van der Waals surface area (Å²) in [6.45, 7) is 33.2. The third kappa shape index (κ3) is 24.8. The molecule has 2 fully saturated rings. The van der Waals surface area contributed by atoms with E-state index in [1.54, 1.807) is 0 Å². The van der Waals surface area contributed by atoms with Crippen LogP contribution in [-0.4, -0.2) is 62.9 Å². The first kappa shape index (κ1) is 122. The SMILES string of the molecule is C1CCOC1.C1CCOC1.CC(C)c1cc(C(C)C)c(C(=O)[O-])c(C(C)C)c1.CC(C)c1cc(C(C)C)c(C(=O)[O-])c(C(C)C)c1.CCCCCC.O=C([O-])c1cc[n+]([B-](c2c(F)c(F)c(F)c(F)c2F)(c2c(F)c(F)c(F)c(F)c2F)c2c(F)c(F)c(F)c(F)c2F)cc1.O=C([O-])c1cc[n+]([B-](c2c(F)c(F)c(F)c(F)c2F)(c2c(F)c(F)c(F)c(F)c2F)c2c(F)c(F)c(F)c(F)c2F)cc1.[Mo+2].[Mo+2]. The van der Waals surface area contributed by atoms with Crippen LogP contribution in [-0.2, 0) is 51.6 Å². The molecule has 0 atom stereocenters. The molecular formula is C94H84B2F30Mo2N2O10. The smallest absolute Gasteiger partial charge is 0.545 e. The van der Waals surface area contributed by atoms with E-state index in [-0.39, 0.29) is 115 Å². The summed E-state index contributed by atoms with van der Waals surface area (Å²) in [4.78, 5) is 45.2. The van der Waals surface area contributed by atoms with Gasteiger partial charge in [-0.25, -0.2) is 132 Å². The molecule has 8 aromatic carbocycles. The second-order valence-corrected chi connectivity index (χ2v) is 33.2. The normalized spacial score (nSPS) is 12.3. The Morgan fingerprint density at radius 3 is 0.521 bits per heavy atom. The van der Waals surface area contributed by atoms with Gasteiger partial charge in [0.1, 0.15) is 94.6 Å². The molecule has 0 N–H and O–H groups in total. The van der Waals surface area contributed by atoms with Gasteiger partial charge in [-0.3, -0.25) is 0 Å². The number of ether oxygens (including phenoxy) is 2. The Labute approximate surface area is 810 Å². The summed E-state index contributed by atoms with van der Waals surface area (Å²) in [6, 6.07) is 8.84. The summed E-state index contributed by atoms with van der Waals surface area (Å²) in [5.41, 5.74) is -12.5. The van der Waals surface area contributed by atoms with Crippen molar-refractivity contribution < 1.29 is 232 Å². The molecule has 0 saturated carbocycles. The molecule has 140 heavy (non-hydrogen) atoms. The van der Waals surface area contributed by atoms with Crippen LogP contribution in [0.5, 0.6) is 0 Å². The summed E-state index contributed by atoms with van der Waals surface area (Å²) >= 11 is 0. The molecule has 0 spiro atoms. The Bertz CT molecular complexity index is 5260. The number of hydrogen-bond donors (Lipinski definition) is 0. The molecule has 2 aliphatic heterocycles. The van der Waals surface area contributed by atoms with E-state index in [4.69, 9.17) is 9.47 Å². The topological polar surface area (TPSA) is 187 Å². The number of aromatic nitrogens is 2. The van der Waals surface area contributed by atoms with Crippen molar-refractivity contribution in [1.82, 2.24) is 0 Å². The van der Waals surface area contributed by atoms with Gasteiger partial charge in [0.05, 0.1) is 23.9 Å². The van der Waals surface area contributed by atoms with Crippen molar-refractivity contribution in [3.8, 4) is 0 Å². The first-order valence-corrected chi connectivity index (χ1v) is 42.1.